The Labute approximate surface area is 103 Å². The zero-order chi connectivity index (χ0) is 11.3. The van der Waals surface area contributed by atoms with Gasteiger partial charge in [-0.1, -0.05) is 0 Å². The fraction of sp³-hybridized carbons (Fsp3) is 0.364. The van der Waals surface area contributed by atoms with Crippen LogP contribution >= 0.6 is 27.7 Å². The van der Waals surface area contributed by atoms with Gasteiger partial charge in [-0.25, -0.2) is 0 Å². The highest BCUT2D eigenvalue weighted by Gasteiger charge is 2.08. The molecule has 0 N–H and O–H groups in total. The van der Waals surface area contributed by atoms with Gasteiger partial charge in [0.05, 0.1) is 16.5 Å². The standard InChI is InChI=1S/C11H13BrO2S/c1-14-11-9(12)6-8(4-3-5-13)7-10(11)15-2/h5-7H,3-4H2,1-2H3. The van der Waals surface area contributed by atoms with Gasteiger partial charge in [0.15, 0.2) is 0 Å². The van der Waals surface area contributed by atoms with Crippen molar-refractivity contribution in [3.63, 3.8) is 0 Å². The largest absolute Gasteiger partial charge is 0.494 e. The van der Waals surface area contributed by atoms with Gasteiger partial charge in [0.2, 0.25) is 0 Å². The molecule has 0 radical (unpaired) electrons. The Morgan fingerprint density at radius 3 is 2.80 bits per heavy atom. The zero-order valence-corrected chi connectivity index (χ0v) is 11.2. The number of benzene rings is 1. The van der Waals surface area contributed by atoms with Crippen LogP contribution in [-0.2, 0) is 11.2 Å². The average molecular weight is 289 g/mol. The number of rotatable bonds is 5. The maximum absolute atomic E-state index is 10.3. The summed E-state index contributed by atoms with van der Waals surface area (Å²) in [5.74, 6) is 0.859. The SMILES string of the molecule is COc1c(Br)cc(CCC=O)cc1SC. The Morgan fingerprint density at radius 1 is 1.53 bits per heavy atom. The van der Waals surface area contributed by atoms with E-state index in [-0.39, 0.29) is 0 Å². The fourth-order valence-electron chi connectivity index (χ4n) is 1.34. The number of carbonyl (C=O) groups is 1. The van der Waals surface area contributed by atoms with Gasteiger partial charge in [-0.05, 0) is 46.3 Å². The maximum Gasteiger partial charge on any atom is 0.146 e. The van der Waals surface area contributed by atoms with Crippen molar-refractivity contribution >= 4 is 34.0 Å². The summed E-state index contributed by atoms with van der Waals surface area (Å²) < 4.78 is 6.23. The van der Waals surface area contributed by atoms with Crippen LogP contribution in [0.25, 0.3) is 0 Å². The minimum Gasteiger partial charge on any atom is -0.494 e. The van der Waals surface area contributed by atoms with Crippen LogP contribution in [0, 0.1) is 0 Å². The molecule has 0 heterocycles. The van der Waals surface area contributed by atoms with E-state index in [2.05, 4.69) is 22.0 Å². The van der Waals surface area contributed by atoms with Gasteiger partial charge < -0.3 is 9.53 Å². The monoisotopic (exact) mass is 288 g/mol. The number of hydrogen-bond donors (Lipinski definition) is 0. The lowest BCUT2D eigenvalue weighted by Crippen LogP contribution is -1.92. The summed E-state index contributed by atoms with van der Waals surface area (Å²) in [5.41, 5.74) is 1.15. The topological polar surface area (TPSA) is 26.3 Å². The Morgan fingerprint density at radius 2 is 2.27 bits per heavy atom. The molecule has 0 atom stereocenters. The lowest BCUT2D eigenvalue weighted by atomic mass is 10.1. The number of aryl methyl sites for hydroxylation is 1. The summed E-state index contributed by atoms with van der Waals surface area (Å²) in [6, 6.07) is 4.07. The molecule has 0 saturated heterocycles. The molecule has 0 aliphatic rings. The van der Waals surface area contributed by atoms with E-state index in [0.717, 1.165) is 33.4 Å². The summed E-state index contributed by atoms with van der Waals surface area (Å²) in [4.78, 5) is 11.4. The number of ether oxygens (including phenoxy) is 1. The van der Waals surface area contributed by atoms with Crippen molar-refractivity contribution in [2.75, 3.05) is 13.4 Å². The molecule has 0 bridgehead atoms. The summed E-state index contributed by atoms with van der Waals surface area (Å²) in [7, 11) is 1.66. The predicted molar refractivity (Wildman–Crippen MR) is 66.9 cm³/mol. The molecule has 4 heteroatoms. The van der Waals surface area contributed by atoms with Crippen molar-refractivity contribution in [3.8, 4) is 5.75 Å². The predicted octanol–water partition coefficient (Wildman–Crippen LogP) is 3.31. The fourth-order valence-corrected chi connectivity index (χ4v) is 2.79. The molecule has 1 aromatic rings. The summed E-state index contributed by atoms with van der Waals surface area (Å²) in [5, 5.41) is 0. The second-order valence-electron chi connectivity index (χ2n) is 3.02. The second kappa shape index (κ2) is 6.18. The third-order valence-corrected chi connectivity index (χ3v) is 3.38. The quantitative estimate of drug-likeness (QED) is 0.614. The van der Waals surface area contributed by atoms with Gasteiger partial charge in [0, 0.05) is 6.42 Å². The van der Waals surface area contributed by atoms with Crippen molar-refractivity contribution in [1.29, 1.82) is 0 Å². The molecule has 2 nitrogen and oxygen atoms in total. The van der Waals surface area contributed by atoms with E-state index < -0.39 is 0 Å². The zero-order valence-electron chi connectivity index (χ0n) is 8.75. The molecule has 0 saturated carbocycles. The Kier molecular flexibility index (Phi) is 5.19. The number of methoxy groups -OCH3 is 1. The van der Waals surface area contributed by atoms with Crippen molar-refractivity contribution < 1.29 is 9.53 Å². The van der Waals surface area contributed by atoms with Crippen LogP contribution in [-0.4, -0.2) is 19.7 Å². The number of aldehydes is 1. The molecule has 0 spiro atoms. The molecule has 0 unspecified atom stereocenters. The molecule has 1 rings (SSSR count). The van der Waals surface area contributed by atoms with Gasteiger partial charge in [0.25, 0.3) is 0 Å². The lowest BCUT2D eigenvalue weighted by molar-refractivity contribution is -0.107. The van der Waals surface area contributed by atoms with E-state index in [1.165, 1.54) is 0 Å². The van der Waals surface area contributed by atoms with Crippen LogP contribution < -0.4 is 4.74 Å². The molecule has 0 amide bonds. The van der Waals surface area contributed by atoms with E-state index in [1.54, 1.807) is 18.9 Å². The first kappa shape index (κ1) is 12.6. The van der Waals surface area contributed by atoms with Crippen LogP contribution in [0.2, 0.25) is 0 Å². The summed E-state index contributed by atoms with van der Waals surface area (Å²) >= 11 is 5.10. The highest BCUT2D eigenvalue weighted by Crippen LogP contribution is 2.36. The van der Waals surface area contributed by atoms with E-state index >= 15 is 0 Å². The minimum absolute atomic E-state index is 0.562. The first-order chi connectivity index (χ1) is 7.22. The number of halogens is 1. The molecule has 82 valence electrons. The second-order valence-corrected chi connectivity index (χ2v) is 4.72. The highest BCUT2D eigenvalue weighted by molar-refractivity contribution is 9.10. The highest BCUT2D eigenvalue weighted by atomic mass is 79.9. The molecule has 0 aliphatic carbocycles. The molecular formula is C11H13BrO2S. The van der Waals surface area contributed by atoms with E-state index in [0.29, 0.717) is 6.42 Å². The van der Waals surface area contributed by atoms with Crippen LogP contribution in [0.15, 0.2) is 21.5 Å². The Bertz CT molecular complexity index is 353. The first-order valence-corrected chi connectivity index (χ1v) is 6.58. The molecule has 0 fully saturated rings. The van der Waals surface area contributed by atoms with Gasteiger partial charge in [0.1, 0.15) is 12.0 Å². The molecule has 1 aromatic carbocycles. The third-order valence-electron chi connectivity index (χ3n) is 2.04. The molecule has 0 aromatic heterocycles. The van der Waals surface area contributed by atoms with Crippen LogP contribution in [0.3, 0.4) is 0 Å². The van der Waals surface area contributed by atoms with E-state index in [1.807, 2.05) is 12.3 Å². The van der Waals surface area contributed by atoms with Gasteiger partial charge in [-0.2, -0.15) is 0 Å². The van der Waals surface area contributed by atoms with Crippen molar-refractivity contribution in [2.45, 2.75) is 17.7 Å². The van der Waals surface area contributed by atoms with E-state index in [4.69, 9.17) is 4.74 Å². The number of hydrogen-bond acceptors (Lipinski definition) is 3. The van der Waals surface area contributed by atoms with Gasteiger partial charge >= 0.3 is 0 Å². The first-order valence-electron chi connectivity index (χ1n) is 4.57. The van der Waals surface area contributed by atoms with Crippen molar-refractivity contribution in [3.05, 3.63) is 22.2 Å². The summed E-state index contributed by atoms with van der Waals surface area (Å²) in [6.45, 7) is 0. The van der Waals surface area contributed by atoms with Gasteiger partial charge in [-0.15, -0.1) is 11.8 Å². The van der Waals surface area contributed by atoms with Gasteiger partial charge in [-0.3, -0.25) is 0 Å². The molecular weight excluding hydrogens is 276 g/mol. The Hall–Kier alpha value is -0.480. The smallest absolute Gasteiger partial charge is 0.146 e. The lowest BCUT2D eigenvalue weighted by Gasteiger charge is -2.10. The maximum atomic E-state index is 10.3. The molecule has 15 heavy (non-hydrogen) atoms. The number of thioether (sulfide) groups is 1. The normalized spacial score (nSPS) is 10.1. The average Bonchev–Trinajstić information content (AvgIpc) is 2.25. The van der Waals surface area contributed by atoms with Crippen LogP contribution in [0.4, 0.5) is 0 Å². The molecule has 0 aliphatic heterocycles. The third kappa shape index (κ3) is 3.24. The van der Waals surface area contributed by atoms with Crippen LogP contribution in [0.5, 0.6) is 5.75 Å². The van der Waals surface area contributed by atoms with E-state index in [9.17, 15) is 4.79 Å². The van der Waals surface area contributed by atoms with Crippen molar-refractivity contribution in [1.82, 2.24) is 0 Å². The van der Waals surface area contributed by atoms with Crippen LogP contribution in [0.1, 0.15) is 12.0 Å². The summed E-state index contributed by atoms with van der Waals surface area (Å²) in [6.07, 6.45) is 4.29. The number of carbonyl (C=O) groups excluding carboxylic acids is 1. The van der Waals surface area contributed by atoms with Crippen molar-refractivity contribution in [2.24, 2.45) is 0 Å². The Balaban J connectivity index is 3.02. The minimum atomic E-state index is 0.562.